The monoisotopic (exact) mass is 618 g/mol. The normalized spacial score (nSPS) is 14.1. The summed E-state index contributed by atoms with van der Waals surface area (Å²) in [5, 5.41) is 19.7. The summed E-state index contributed by atoms with van der Waals surface area (Å²) in [5.74, 6) is 0.329. The van der Waals surface area contributed by atoms with Gasteiger partial charge in [-0.3, -0.25) is 9.42 Å². The lowest BCUT2D eigenvalue weighted by Gasteiger charge is -2.31. The maximum atomic E-state index is 13.1. The summed E-state index contributed by atoms with van der Waals surface area (Å²) in [6.07, 6.45) is 0.386. The Kier molecular flexibility index (Phi) is 8.11. The summed E-state index contributed by atoms with van der Waals surface area (Å²) >= 11 is 1.26. The molecule has 0 unspecified atom stereocenters. The van der Waals surface area contributed by atoms with Crippen LogP contribution in [0.5, 0.6) is 5.88 Å². The molecule has 0 spiro atoms. The fourth-order valence-electron chi connectivity index (χ4n) is 4.70. The number of benzene rings is 3. The Morgan fingerprint density at radius 2 is 1.67 bits per heavy atom. The predicted molar refractivity (Wildman–Crippen MR) is 158 cm³/mol. The first-order chi connectivity index (χ1) is 20.9. The predicted octanol–water partition coefficient (Wildman–Crippen LogP) is 3.99. The van der Waals surface area contributed by atoms with Crippen LogP contribution in [0.15, 0.2) is 105 Å². The third-order valence-electron chi connectivity index (χ3n) is 6.87. The summed E-state index contributed by atoms with van der Waals surface area (Å²) in [5.41, 5.74) is 1.66. The fraction of sp³-hybridized carbons (Fsp3) is 0.207. The number of sulfone groups is 1. The Morgan fingerprint density at radius 1 is 1.00 bits per heavy atom. The number of carbonyl (C=O) groups is 1. The highest BCUT2D eigenvalue weighted by Gasteiger charge is 2.37. The minimum atomic E-state index is -4.21. The average Bonchev–Trinajstić information content (AvgIpc) is 3.41. The van der Waals surface area contributed by atoms with E-state index in [1.165, 1.54) is 23.9 Å². The van der Waals surface area contributed by atoms with Crippen LogP contribution in [0.2, 0.25) is 0 Å². The molecule has 12 nitrogen and oxygen atoms in total. The van der Waals surface area contributed by atoms with Gasteiger partial charge in [-0.1, -0.05) is 60.3 Å². The first-order valence-electron chi connectivity index (χ1n) is 13.4. The van der Waals surface area contributed by atoms with E-state index in [0.29, 0.717) is 36.9 Å². The van der Waals surface area contributed by atoms with Crippen molar-refractivity contribution in [1.82, 2.24) is 20.0 Å². The van der Waals surface area contributed by atoms with Gasteiger partial charge < -0.3 is 20.2 Å². The van der Waals surface area contributed by atoms with Gasteiger partial charge in [0.2, 0.25) is 5.91 Å². The molecule has 0 bridgehead atoms. The number of hydrogen-bond acceptors (Lipinski definition) is 11. The zero-order chi connectivity index (χ0) is 29.8. The van der Waals surface area contributed by atoms with Crippen LogP contribution in [-0.4, -0.2) is 59.3 Å². The molecule has 0 atom stereocenters. The minimum Gasteiger partial charge on any atom is -0.451 e. The van der Waals surface area contributed by atoms with Crippen molar-refractivity contribution in [2.24, 2.45) is 0 Å². The van der Waals surface area contributed by atoms with Crippen LogP contribution in [-0.2, 0) is 14.6 Å². The number of rotatable bonds is 9. The second kappa shape index (κ2) is 12.3. The molecule has 3 aromatic carbocycles. The first-order valence-corrected chi connectivity index (χ1v) is 15.9. The van der Waals surface area contributed by atoms with Gasteiger partial charge in [0, 0.05) is 37.0 Å². The number of amides is 1. The lowest BCUT2D eigenvalue weighted by molar-refractivity contribution is -0.832. The van der Waals surface area contributed by atoms with Crippen molar-refractivity contribution < 1.29 is 27.5 Å². The van der Waals surface area contributed by atoms with Gasteiger partial charge in [-0.05, 0) is 41.3 Å². The van der Waals surface area contributed by atoms with Crippen molar-refractivity contribution in [3.05, 3.63) is 90.1 Å². The molecule has 1 fully saturated rings. The zero-order valence-electron chi connectivity index (χ0n) is 22.7. The summed E-state index contributed by atoms with van der Waals surface area (Å²) in [6.45, 7) is 0.777. The van der Waals surface area contributed by atoms with E-state index < -0.39 is 26.8 Å². The molecule has 5 aromatic rings. The number of thioether (sulfide) groups is 1. The van der Waals surface area contributed by atoms with Gasteiger partial charge in [-0.25, -0.2) is 18.4 Å². The highest BCUT2D eigenvalue weighted by molar-refractivity contribution is 7.99. The maximum absolute atomic E-state index is 13.1. The molecule has 1 N–H and O–H groups in total. The molecular formula is C29H26N6O6S2. The van der Waals surface area contributed by atoms with Crippen LogP contribution in [0.1, 0.15) is 12.8 Å². The molecule has 0 radical (unpaired) electrons. The number of nitrogens with one attached hydrogen (secondary N) is 1. The standard InChI is InChI=1S/C29H26N6O6S2/c36-25(19-42-29-31-24-14-8-7-13-23(24)26(32-29)30-20-9-3-1-4-10-20)34-17-15-21(16-18-34)40-27-28(35(37)41-33-27)43(38,39)22-11-5-2-6-12-22/h1-14,21H,15-19H2,(H,30,31,32). The van der Waals surface area contributed by atoms with Gasteiger partial charge in [-0.2, -0.15) is 0 Å². The lowest BCUT2D eigenvalue weighted by Crippen LogP contribution is -2.42. The summed E-state index contributed by atoms with van der Waals surface area (Å²) in [6, 6.07) is 24.9. The van der Waals surface area contributed by atoms with Gasteiger partial charge >= 0.3 is 10.9 Å². The molecule has 1 aliphatic rings. The smallest absolute Gasteiger partial charge is 0.415 e. The van der Waals surface area contributed by atoms with Crippen LogP contribution < -0.4 is 15.0 Å². The average molecular weight is 619 g/mol. The Balaban J connectivity index is 1.08. The van der Waals surface area contributed by atoms with Gasteiger partial charge in [0.25, 0.3) is 9.84 Å². The lowest BCUT2D eigenvalue weighted by atomic mass is 10.1. The molecule has 1 amide bonds. The molecule has 220 valence electrons. The Morgan fingerprint density at radius 3 is 2.42 bits per heavy atom. The molecular weight excluding hydrogens is 592 g/mol. The van der Waals surface area contributed by atoms with Crippen LogP contribution in [0.3, 0.4) is 0 Å². The largest absolute Gasteiger partial charge is 0.451 e. The molecule has 1 aliphatic heterocycles. The molecule has 6 rings (SSSR count). The van der Waals surface area contributed by atoms with E-state index in [1.807, 2.05) is 54.6 Å². The molecule has 2 aromatic heterocycles. The minimum absolute atomic E-state index is 0.0797. The van der Waals surface area contributed by atoms with Crippen LogP contribution >= 0.6 is 11.8 Å². The topological polar surface area (TPSA) is 154 Å². The van der Waals surface area contributed by atoms with Crippen molar-refractivity contribution in [1.29, 1.82) is 0 Å². The fourth-order valence-corrected chi connectivity index (χ4v) is 6.73. The molecule has 14 heteroatoms. The molecule has 43 heavy (non-hydrogen) atoms. The number of likely N-dealkylation sites (tertiary alicyclic amines) is 1. The van der Waals surface area contributed by atoms with Gasteiger partial charge in [-0.15, -0.1) is 0 Å². The molecule has 1 saturated heterocycles. The van der Waals surface area contributed by atoms with E-state index in [0.717, 1.165) is 16.6 Å². The quantitative estimate of drug-likeness (QED) is 0.145. The van der Waals surface area contributed by atoms with E-state index in [4.69, 9.17) is 4.74 Å². The first kappa shape index (κ1) is 28.4. The van der Waals surface area contributed by atoms with E-state index in [2.05, 4.69) is 25.1 Å². The van der Waals surface area contributed by atoms with Crippen LogP contribution in [0.4, 0.5) is 11.5 Å². The van der Waals surface area contributed by atoms with Crippen molar-refractivity contribution in [2.75, 3.05) is 24.2 Å². The third-order valence-corrected chi connectivity index (χ3v) is 9.43. The van der Waals surface area contributed by atoms with Crippen molar-refractivity contribution in [3.8, 4) is 5.88 Å². The Labute approximate surface area is 251 Å². The van der Waals surface area contributed by atoms with Crippen molar-refractivity contribution >= 4 is 49.9 Å². The van der Waals surface area contributed by atoms with E-state index >= 15 is 0 Å². The number of piperidine rings is 1. The second-order valence-electron chi connectivity index (χ2n) is 9.71. The number of aromatic nitrogens is 4. The summed E-state index contributed by atoms with van der Waals surface area (Å²) < 4.78 is 36.4. The number of carbonyl (C=O) groups excluding carboxylic acids is 1. The van der Waals surface area contributed by atoms with E-state index in [-0.39, 0.29) is 21.5 Å². The number of nitrogens with zero attached hydrogens (tertiary/aromatic N) is 5. The van der Waals surface area contributed by atoms with Crippen molar-refractivity contribution in [3.63, 3.8) is 0 Å². The molecule has 0 aliphatic carbocycles. The summed E-state index contributed by atoms with van der Waals surface area (Å²) in [4.78, 5) is 23.9. The maximum Gasteiger partial charge on any atom is 0.415 e. The Bertz CT molecular complexity index is 1850. The second-order valence-corrected chi connectivity index (χ2v) is 12.5. The Hall–Kier alpha value is -4.69. The third kappa shape index (κ3) is 6.24. The molecule has 0 saturated carbocycles. The van der Waals surface area contributed by atoms with Gasteiger partial charge in [0.05, 0.1) is 21.3 Å². The van der Waals surface area contributed by atoms with Gasteiger partial charge in [0.15, 0.2) is 5.16 Å². The number of ether oxygens (including phenoxy) is 1. The van der Waals surface area contributed by atoms with Crippen LogP contribution in [0.25, 0.3) is 10.9 Å². The molecule has 3 heterocycles. The number of fused-ring (bicyclic) bond motifs is 1. The number of para-hydroxylation sites is 2. The highest BCUT2D eigenvalue weighted by Crippen LogP contribution is 2.29. The highest BCUT2D eigenvalue weighted by atomic mass is 32.2. The van der Waals surface area contributed by atoms with Gasteiger partial charge in [0.1, 0.15) is 11.9 Å². The zero-order valence-corrected chi connectivity index (χ0v) is 24.3. The van der Waals surface area contributed by atoms with E-state index in [1.54, 1.807) is 23.1 Å². The number of anilines is 2. The van der Waals surface area contributed by atoms with Crippen LogP contribution in [0, 0.1) is 5.21 Å². The SMILES string of the molecule is O=C(CSc1nc(Nc2ccccc2)c2ccccc2n1)N1CCC(Oc2no[n+]([O-])c2S(=O)(=O)c2ccccc2)CC1. The van der Waals surface area contributed by atoms with E-state index in [9.17, 15) is 18.4 Å². The van der Waals surface area contributed by atoms with Crippen molar-refractivity contribution in [2.45, 2.75) is 34.0 Å². The number of hydrogen-bond donors (Lipinski definition) is 1. The summed E-state index contributed by atoms with van der Waals surface area (Å²) in [7, 11) is -4.21.